The van der Waals surface area contributed by atoms with Crippen LogP contribution in [0.15, 0.2) is 21.3 Å². The number of aliphatic imine (C=N–C) groups is 1. The minimum absolute atomic E-state index is 0. The number of halogens is 1. The molecule has 1 aliphatic rings. The first-order valence-corrected chi connectivity index (χ1v) is 11.3. The maximum absolute atomic E-state index is 11.3. The van der Waals surface area contributed by atoms with Crippen LogP contribution in [0.3, 0.4) is 0 Å². The van der Waals surface area contributed by atoms with E-state index in [0.717, 1.165) is 35.5 Å². The molecule has 24 heavy (non-hydrogen) atoms. The lowest BCUT2D eigenvalue weighted by atomic mass is 10.2. The topological polar surface area (TPSA) is 96.6 Å². The smallest absolute Gasteiger partial charge is 0.247 e. The van der Waals surface area contributed by atoms with Crippen LogP contribution in [0, 0.1) is 0 Å². The van der Waals surface area contributed by atoms with E-state index in [-0.39, 0.29) is 28.2 Å². The molecule has 4 N–H and O–H groups in total. The second-order valence-corrected chi connectivity index (χ2v) is 9.57. The number of hydrogen-bond acceptors (Lipinski definition) is 5. The minimum atomic E-state index is -3.62. The average molecular weight is 504 g/mol. The third-order valence-corrected chi connectivity index (χ3v) is 7.32. The van der Waals surface area contributed by atoms with Crippen LogP contribution in [-0.4, -0.2) is 38.5 Å². The molecule has 2 rings (SSSR count). The number of hydrogen-bond donors (Lipinski definition) is 3. The highest BCUT2D eigenvalue weighted by Crippen LogP contribution is 2.28. The first-order valence-electron chi connectivity index (χ1n) is 7.61. The third kappa shape index (κ3) is 6.70. The quantitative estimate of drug-likeness (QED) is 0.314. The highest BCUT2D eigenvalue weighted by atomic mass is 127. The van der Waals surface area contributed by atoms with Gasteiger partial charge in [-0.2, -0.15) is 11.8 Å². The van der Waals surface area contributed by atoms with Crippen molar-refractivity contribution in [3.8, 4) is 0 Å². The average Bonchev–Trinajstić information content (AvgIpc) is 3.13. The van der Waals surface area contributed by atoms with Crippen LogP contribution in [0.1, 0.15) is 31.1 Å². The molecule has 1 aromatic heterocycles. The van der Waals surface area contributed by atoms with Crippen molar-refractivity contribution in [2.75, 3.05) is 12.8 Å². The number of nitrogens with zero attached hydrogens (tertiary/aromatic N) is 1. The number of sulfonamides is 1. The normalized spacial score (nSPS) is 21.4. The molecule has 1 heterocycles. The molecule has 0 aliphatic heterocycles. The molecule has 2 unspecified atom stereocenters. The summed E-state index contributed by atoms with van der Waals surface area (Å²) in [7, 11) is -3.62. The molecule has 10 heteroatoms. The lowest BCUT2D eigenvalue weighted by Crippen LogP contribution is -2.42. The van der Waals surface area contributed by atoms with E-state index < -0.39 is 10.0 Å². The van der Waals surface area contributed by atoms with Crippen LogP contribution >= 0.6 is 47.1 Å². The highest BCUT2D eigenvalue weighted by molar-refractivity contribution is 14.0. The van der Waals surface area contributed by atoms with Crippen molar-refractivity contribution in [2.45, 2.75) is 48.2 Å². The molecule has 0 radical (unpaired) electrons. The lowest BCUT2D eigenvalue weighted by Gasteiger charge is -2.17. The summed E-state index contributed by atoms with van der Waals surface area (Å²) in [6.45, 7) is 3.26. The van der Waals surface area contributed by atoms with Gasteiger partial charge in [-0.15, -0.1) is 35.3 Å². The Morgan fingerprint density at radius 2 is 2.21 bits per heavy atom. The number of rotatable bonds is 6. The zero-order chi connectivity index (χ0) is 16.9. The van der Waals surface area contributed by atoms with Crippen LogP contribution in [0.4, 0.5) is 0 Å². The van der Waals surface area contributed by atoms with Gasteiger partial charge in [-0.05, 0) is 44.6 Å². The maximum atomic E-state index is 11.3. The van der Waals surface area contributed by atoms with Gasteiger partial charge in [-0.3, -0.25) is 0 Å². The van der Waals surface area contributed by atoms with Gasteiger partial charge < -0.3 is 10.6 Å². The van der Waals surface area contributed by atoms with E-state index in [0.29, 0.717) is 12.6 Å². The Bertz CT molecular complexity index is 648. The van der Waals surface area contributed by atoms with Gasteiger partial charge in [-0.1, -0.05) is 0 Å². The summed E-state index contributed by atoms with van der Waals surface area (Å²) in [5, 5.41) is 12.6. The Labute approximate surface area is 169 Å². The van der Waals surface area contributed by atoms with E-state index in [1.165, 1.54) is 23.8 Å². The van der Waals surface area contributed by atoms with Gasteiger partial charge in [-0.25, -0.2) is 18.5 Å². The summed E-state index contributed by atoms with van der Waals surface area (Å²) in [5.74, 6) is 0.782. The molecule has 0 amide bonds. The zero-order valence-electron chi connectivity index (χ0n) is 13.8. The van der Waals surface area contributed by atoms with Crippen LogP contribution in [0.2, 0.25) is 0 Å². The number of nitrogens with two attached hydrogens (primary N) is 1. The van der Waals surface area contributed by atoms with Crippen molar-refractivity contribution < 1.29 is 8.42 Å². The second kappa shape index (κ2) is 10.2. The van der Waals surface area contributed by atoms with Crippen molar-refractivity contribution >= 4 is 63.1 Å². The molecule has 138 valence electrons. The lowest BCUT2D eigenvalue weighted by molar-refractivity contribution is 0.600. The van der Waals surface area contributed by atoms with E-state index >= 15 is 0 Å². The van der Waals surface area contributed by atoms with Crippen molar-refractivity contribution in [3.05, 3.63) is 17.0 Å². The van der Waals surface area contributed by atoms with Crippen molar-refractivity contribution in [2.24, 2.45) is 10.1 Å². The third-order valence-electron chi connectivity index (χ3n) is 3.71. The van der Waals surface area contributed by atoms with E-state index in [2.05, 4.69) is 21.9 Å². The first-order chi connectivity index (χ1) is 10.9. The zero-order valence-corrected chi connectivity index (χ0v) is 18.6. The molecule has 2 atom stereocenters. The predicted octanol–water partition coefficient (Wildman–Crippen LogP) is 2.35. The molecule has 1 aliphatic carbocycles. The van der Waals surface area contributed by atoms with Crippen molar-refractivity contribution in [3.63, 3.8) is 0 Å². The van der Waals surface area contributed by atoms with Crippen LogP contribution in [-0.2, 0) is 16.6 Å². The number of thiophene rings is 1. The van der Waals surface area contributed by atoms with Gasteiger partial charge in [0.1, 0.15) is 4.21 Å². The minimum Gasteiger partial charge on any atom is -0.357 e. The fraction of sp³-hybridized carbons (Fsp3) is 0.643. The van der Waals surface area contributed by atoms with Crippen molar-refractivity contribution in [1.29, 1.82) is 0 Å². The molecular weight excluding hydrogens is 479 g/mol. The number of nitrogens with one attached hydrogen (secondary N) is 2. The summed E-state index contributed by atoms with van der Waals surface area (Å²) in [5.41, 5.74) is 0. The Balaban J connectivity index is 0.00000288. The standard InChI is InChI=1S/C14H24N4O2S3.HI/c1-3-16-14(18-10-4-5-11(8-10)21-2)17-9-12-6-7-13(22-12)23(15,19)20;/h6-7,10-11H,3-5,8-9H2,1-2H3,(H2,15,19,20)(H2,16,17,18);1H. The molecule has 1 aromatic rings. The SMILES string of the molecule is CCNC(=NCc1ccc(S(N)(=O)=O)s1)NC1CCC(SC)C1.I. The second-order valence-electron chi connectivity index (χ2n) is 5.47. The van der Waals surface area contributed by atoms with Gasteiger partial charge >= 0.3 is 0 Å². The van der Waals surface area contributed by atoms with Crippen LogP contribution < -0.4 is 15.8 Å². The predicted molar refractivity (Wildman–Crippen MR) is 114 cm³/mol. The van der Waals surface area contributed by atoms with E-state index in [9.17, 15) is 8.42 Å². The molecule has 0 saturated heterocycles. The molecule has 1 saturated carbocycles. The summed E-state index contributed by atoms with van der Waals surface area (Å²) >= 11 is 3.09. The summed E-state index contributed by atoms with van der Waals surface area (Å²) < 4.78 is 22.8. The van der Waals surface area contributed by atoms with Gasteiger partial charge in [0.25, 0.3) is 0 Å². The van der Waals surface area contributed by atoms with Crippen molar-refractivity contribution in [1.82, 2.24) is 10.6 Å². The molecule has 0 bridgehead atoms. The summed E-state index contributed by atoms with van der Waals surface area (Å²) in [6, 6.07) is 3.75. The van der Waals surface area contributed by atoms with Gasteiger partial charge in [0.2, 0.25) is 10.0 Å². The Morgan fingerprint density at radius 3 is 2.75 bits per heavy atom. The number of primary sulfonamides is 1. The van der Waals surface area contributed by atoms with Gasteiger partial charge in [0, 0.05) is 22.7 Å². The highest BCUT2D eigenvalue weighted by Gasteiger charge is 2.24. The number of thioether (sulfide) groups is 1. The number of guanidine groups is 1. The largest absolute Gasteiger partial charge is 0.357 e. The fourth-order valence-electron chi connectivity index (χ4n) is 2.55. The summed E-state index contributed by atoms with van der Waals surface area (Å²) in [4.78, 5) is 5.43. The Morgan fingerprint density at radius 1 is 1.46 bits per heavy atom. The van der Waals surface area contributed by atoms with E-state index in [4.69, 9.17) is 5.14 Å². The molecule has 0 aromatic carbocycles. The Hall–Kier alpha value is -0.0400. The fourth-order valence-corrected chi connectivity index (χ4v) is 5.05. The van der Waals surface area contributed by atoms with Gasteiger partial charge in [0.05, 0.1) is 6.54 Å². The monoisotopic (exact) mass is 504 g/mol. The van der Waals surface area contributed by atoms with Crippen LogP contribution in [0.25, 0.3) is 0 Å². The molecule has 1 fully saturated rings. The van der Waals surface area contributed by atoms with E-state index in [1.807, 2.05) is 18.7 Å². The first kappa shape index (κ1) is 22.0. The van der Waals surface area contributed by atoms with Crippen LogP contribution in [0.5, 0.6) is 0 Å². The molecule has 0 spiro atoms. The molecule has 6 nitrogen and oxygen atoms in total. The molecular formula is C14H25IN4O2S3. The maximum Gasteiger partial charge on any atom is 0.247 e. The van der Waals surface area contributed by atoms with Gasteiger partial charge in [0.15, 0.2) is 5.96 Å². The summed E-state index contributed by atoms with van der Waals surface area (Å²) in [6.07, 6.45) is 5.71. The van der Waals surface area contributed by atoms with E-state index in [1.54, 1.807) is 6.07 Å². The Kier molecular flexibility index (Phi) is 9.34.